The Kier molecular flexibility index (Phi) is 4.41. The van der Waals surface area contributed by atoms with Gasteiger partial charge in [0.2, 0.25) is 17.5 Å². The highest BCUT2D eigenvalue weighted by Crippen LogP contribution is 2.24. The van der Waals surface area contributed by atoms with Crippen molar-refractivity contribution in [3.8, 4) is 5.75 Å². The van der Waals surface area contributed by atoms with Crippen LogP contribution < -0.4 is 10.2 Å². The van der Waals surface area contributed by atoms with Gasteiger partial charge < -0.3 is 34.3 Å². The van der Waals surface area contributed by atoms with Crippen LogP contribution in [0.15, 0.2) is 21.5 Å². The molecule has 0 aliphatic carbocycles. The van der Waals surface area contributed by atoms with Gasteiger partial charge in [0, 0.05) is 6.07 Å². The molecule has 0 spiro atoms. The highest BCUT2D eigenvalue weighted by Gasteiger charge is 2.45. The van der Waals surface area contributed by atoms with Crippen LogP contribution in [0.25, 0.3) is 0 Å². The Morgan fingerprint density at radius 2 is 1.95 bits per heavy atom. The first-order chi connectivity index (χ1) is 9.45. The summed E-state index contributed by atoms with van der Waals surface area (Å²) in [6, 6.07) is 1.13. The van der Waals surface area contributed by atoms with E-state index >= 15 is 0 Å². The fourth-order valence-corrected chi connectivity index (χ4v) is 1.92. The predicted octanol–water partition coefficient (Wildman–Crippen LogP) is -1.87. The normalized spacial score (nSPS) is 34.0. The van der Waals surface area contributed by atoms with E-state index in [2.05, 4.69) is 0 Å². The van der Waals surface area contributed by atoms with Gasteiger partial charge in [0.15, 0.2) is 0 Å². The van der Waals surface area contributed by atoms with Crippen molar-refractivity contribution in [2.45, 2.75) is 37.6 Å². The number of hydrogen-bond acceptors (Lipinski definition) is 8. The van der Waals surface area contributed by atoms with Gasteiger partial charge in [0.05, 0.1) is 12.9 Å². The molecule has 1 fully saturated rings. The van der Waals surface area contributed by atoms with E-state index in [1.165, 1.54) is 13.2 Å². The first-order valence-corrected chi connectivity index (χ1v) is 6.01. The molecule has 1 aliphatic rings. The minimum absolute atomic E-state index is 0.170. The molecule has 4 N–H and O–H groups in total. The largest absolute Gasteiger partial charge is 0.465 e. The number of ether oxygens (including phenoxy) is 2. The zero-order chi connectivity index (χ0) is 14.9. The highest BCUT2D eigenvalue weighted by atomic mass is 16.7. The van der Waals surface area contributed by atoms with Crippen molar-refractivity contribution in [3.05, 3.63) is 28.3 Å². The second-order valence-electron chi connectivity index (χ2n) is 4.49. The van der Waals surface area contributed by atoms with Crippen molar-refractivity contribution >= 4 is 0 Å². The third-order valence-electron chi connectivity index (χ3n) is 3.09. The number of rotatable bonds is 3. The Labute approximate surface area is 113 Å². The van der Waals surface area contributed by atoms with Crippen molar-refractivity contribution in [2.24, 2.45) is 0 Å². The van der Waals surface area contributed by atoms with Crippen LogP contribution in [0.1, 0.15) is 5.76 Å². The summed E-state index contributed by atoms with van der Waals surface area (Å²) in [6.07, 6.45) is -5.95. The molecule has 1 aliphatic heterocycles. The van der Waals surface area contributed by atoms with Gasteiger partial charge in [-0.2, -0.15) is 0 Å². The van der Waals surface area contributed by atoms with E-state index in [0.717, 1.165) is 6.07 Å². The summed E-state index contributed by atoms with van der Waals surface area (Å²) in [5.41, 5.74) is -0.481. The molecule has 0 radical (unpaired) electrons. The molecule has 1 saturated heterocycles. The molecule has 20 heavy (non-hydrogen) atoms. The lowest BCUT2D eigenvalue weighted by Gasteiger charge is -2.39. The molecule has 0 amide bonds. The SMILES string of the molecule is Cc1occc(=O)c1O[C@@H]1O[C@H](CO)[C@H](O)[C@H](O)[C@H]1O. The molecule has 0 bridgehead atoms. The minimum atomic E-state index is -1.58. The molecule has 1 aromatic rings. The number of aliphatic hydroxyl groups is 4. The predicted molar refractivity (Wildman–Crippen MR) is 64.1 cm³/mol. The van der Waals surface area contributed by atoms with Crippen LogP contribution >= 0.6 is 0 Å². The average Bonchev–Trinajstić information content (AvgIpc) is 2.43. The van der Waals surface area contributed by atoms with Crippen LogP contribution in [-0.4, -0.2) is 57.7 Å². The number of aryl methyl sites for hydroxylation is 1. The van der Waals surface area contributed by atoms with E-state index in [9.17, 15) is 20.1 Å². The van der Waals surface area contributed by atoms with Crippen molar-refractivity contribution in [1.29, 1.82) is 0 Å². The molecule has 8 nitrogen and oxygen atoms in total. The number of aliphatic hydroxyl groups excluding tert-OH is 4. The first-order valence-electron chi connectivity index (χ1n) is 6.01. The Morgan fingerprint density at radius 3 is 2.55 bits per heavy atom. The van der Waals surface area contributed by atoms with Gasteiger partial charge in [0.1, 0.15) is 30.2 Å². The van der Waals surface area contributed by atoms with E-state index in [4.69, 9.17) is 19.0 Å². The topological polar surface area (TPSA) is 130 Å². The standard InChI is InChI=1S/C12H16O8/c1-5-11(6(14)2-3-18-5)20-12-10(17)9(16)8(15)7(4-13)19-12/h2-3,7-10,12-13,15-17H,4H2,1H3/t7-,8+,9+,10-,12+/m1/s1. The highest BCUT2D eigenvalue weighted by molar-refractivity contribution is 5.23. The second kappa shape index (κ2) is 5.90. The van der Waals surface area contributed by atoms with Crippen molar-refractivity contribution in [1.82, 2.24) is 0 Å². The quantitative estimate of drug-likeness (QED) is 0.509. The lowest BCUT2D eigenvalue weighted by atomic mass is 9.99. The molecule has 8 heteroatoms. The fraction of sp³-hybridized carbons (Fsp3) is 0.583. The van der Waals surface area contributed by atoms with Gasteiger partial charge in [-0.25, -0.2) is 0 Å². The van der Waals surface area contributed by atoms with E-state index in [1.54, 1.807) is 0 Å². The smallest absolute Gasteiger partial charge is 0.229 e. The molecule has 5 atom stereocenters. The average molecular weight is 288 g/mol. The summed E-state index contributed by atoms with van der Waals surface area (Å²) < 4.78 is 15.3. The fourth-order valence-electron chi connectivity index (χ4n) is 1.92. The van der Waals surface area contributed by atoms with Gasteiger partial charge in [-0.1, -0.05) is 0 Å². The van der Waals surface area contributed by atoms with Crippen molar-refractivity contribution in [2.75, 3.05) is 6.61 Å². The molecular weight excluding hydrogens is 272 g/mol. The Bertz CT molecular complexity index is 510. The van der Waals surface area contributed by atoms with E-state index in [0.29, 0.717) is 0 Å². The molecule has 112 valence electrons. The van der Waals surface area contributed by atoms with Crippen LogP contribution in [0, 0.1) is 6.92 Å². The maximum atomic E-state index is 11.6. The minimum Gasteiger partial charge on any atom is -0.465 e. The maximum Gasteiger partial charge on any atom is 0.229 e. The lowest BCUT2D eigenvalue weighted by molar-refractivity contribution is -0.277. The number of hydrogen-bond donors (Lipinski definition) is 4. The molecule has 1 aromatic heterocycles. The summed E-state index contributed by atoms with van der Waals surface area (Å²) in [6.45, 7) is 0.911. The van der Waals surface area contributed by atoms with E-state index in [-0.39, 0.29) is 11.5 Å². The van der Waals surface area contributed by atoms with Crippen molar-refractivity contribution in [3.63, 3.8) is 0 Å². The molecule has 0 unspecified atom stereocenters. The maximum absolute atomic E-state index is 11.6. The molecular formula is C12H16O8. The van der Waals surface area contributed by atoms with Crippen LogP contribution in [-0.2, 0) is 4.74 Å². The molecule has 0 saturated carbocycles. The van der Waals surface area contributed by atoms with Gasteiger partial charge in [-0.15, -0.1) is 0 Å². The summed E-state index contributed by atoms with van der Waals surface area (Å²) >= 11 is 0. The summed E-state index contributed by atoms with van der Waals surface area (Å²) in [7, 11) is 0. The third-order valence-corrected chi connectivity index (χ3v) is 3.09. The second-order valence-corrected chi connectivity index (χ2v) is 4.49. The summed E-state index contributed by atoms with van der Waals surface area (Å²) in [5.74, 6) is 0.00582. The molecule has 2 heterocycles. The van der Waals surface area contributed by atoms with Gasteiger partial charge >= 0.3 is 0 Å². The molecule has 2 rings (SSSR count). The third kappa shape index (κ3) is 2.69. The monoisotopic (exact) mass is 288 g/mol. The Morgan fingerprint density at radius 1 is 1.25 bits per heavy atom. The summed E-state index contributed by atoms with van der Waals surface area (Å²) in [5, 5.41) is 38.1. The van der Waals surface area contributed by atoms with E-state index < -0.39 is 42.7 Å². The molecule has 0 aromatic carbocycles. The zero-order valence-corrected chi connectivity index (χ0v) is 10.7. The van der Waals surface area contributed by atoms with E-state index in [1.807, 2.05) is 0 Å². The lowest BCUT2D eigenvalue weighted by Crippen LogP contribution is -2.60. The first kappa shape index (κ1) is 14.9. The van der Waals surface area contributed by atoms with Crippen LogP contribution in [0.3, 0.4) is 0 Å². The van der Waals surface area contributed by atoms with Crippen LogP contribution in [0.5, 0.6) is 5.75 Å². The van der Waals surface area contributed by atoms with Crippen LogP contribution in [0.4, 0.5) is 0 Å². The van der Waals surface area contributed by atoms with Crippen molar-refractivity contribution < 1.29 is 34.3 Å². The van der Waals surface area contributed by atoms with Gasteiger partial charge in [-0.05, 0) is 6.92 Å². The Balaban J connectivity index is 2.22. The Hall–Kier alpha value is -1.45. The van der Waals surface area contributed by atoms with Gasteiger partial charge in [0.25, 0.3) is 0 Å². The summed E-state index contributed by atoms with van der Waals surface area (Å²) in [4.78, 5) is 11.6. The zero-order valence-electron chi connectivity index (χ0n) is 10.7. The van der Waals surface area contributed by atoms with Gasteiger partial charge in [-0.3, -0.25) is 4.79 Å². The van der Waals surface area contributed by atoms with Crippen LogP contribution in [0.2, 0.25) is 0 Å².